The Morgan fingerprint density at radius 3 is 1.86 bits per heavy atom. The molecule has 0 bridgehead atoms. The van der Waals surface area contributed by atoms with Gasteiger partial charge in [-0.05, 0) is 50.8 Å². The molecule has 0 saturated heterocycles. The minimum atomic E-state index is -0.872. The molecule has 168 valence electrons. The largest absolute Gasteiger partial charge is 0.464 e. The van der Waals surface area contributed by atoms with Crippen molar-refractivity contribution >= 4 is 54.5 Å². The molecule has 0 unspecified atom stereocenters. The topological polar surface area (TPSA) is 26.3 Å². The minimum Gasteiger partial charge on any atom is -0.464 e. The van der Waals surface area contributed by atoms with E-state index in [0.717, 1.165) is 0 Å². The standard InChI is InChI=1S/C34H20O2/c1-2-9-21(10-3-1)32-23-11-4-6-13-25(23)33(26-14-7-5-12-24(26)32)28-16-8-15-27-29-20-30-22(17-18-35-30)19-31(29)36-34(27)28/h1-20H/i1D,2D,3D,4D,5D,6D,7D,8D,9D,10D,11D,12D,13D,14D,15D,16D,17D,18D,19D,20D. The molecule has 0 radical (unpaired) electrons. The fourth-order valence-corrected chi connectivity index (χ4v) is 4.46. The Morgan fingerprint density at radius 2 is 1.14 bits per heavy atom. The summed E-state index contributed by atoms with van der Waals surface area (Å²) in [5, 5.41) is -3.26. The maximum atomic E-state index is 9.22. The first-order valence-corrected chi connectivity index (χ1v) is 10.6. The number of hydrogen-bond acceptors (Lipinski definition) is 2. The van der Waals surface area contributed by atoms with Crippen molar-refractivity contribution in [3.05, 3.63) is 121 Å². The number of rotatable bonds is 2. The fourth-order valence-electron chi connectivity index (χ4n) is 4.46. The summed E-state index contributed by atoms with van der Waals surface area (Å²) in [5.74, 6) is 0. The quantitative estimate of drug-likeness (QED) is 0.230. The smallest absolute Gasteiger partial charge is 0.143 e. The zero-order valence-electron chi connectivity index (χ0n) is 37.8. The van der Waals surface area contributed by atoms with Gasteiger partial charge in [0.25, 0.3) is 0 Å². The molecule has 2 heteroatoms. The van der Waals surface area contributed by atoms with E-state index in [4.69, 9.17) is 32.1 Å². The van der Waals surface area contributed by atoms with Gasteiger partial charge in [-0.15, -0.1) is 0 Å². The molecule has 2 aromatic heterocycles. The van der Waals surface area contributed by atoms with Crippen LogP contribution in [0, 0.1) is 0 Å². The second-order valence-electron chi connectivity index (χ2n) is 7.79. The molecule has 8 rings (SSSR count). The van der Waals surface area contributed by atoms with E-state index in [1.807, 2.05) is 0 Å². The molecule has 0 aliphatic heterocycles. The zero-order valence-corrected chi connectivity index (χ0v) is 17.8. The summed E-state index contributed by atoms with van der Waals surface area (Å²) in [4.78, 5) is 0. The van der Waals surface area contributed by atoms with Crippen LogP contribution in [-0.4, -0.2) is 0 Å². The van der Waals surface area contributed by atoms with Gasteiger partial charge in [0, 0.05) is 27.3 Å². The van der Waals surface area contributed by atoms with Gasteiger partial charge in [-0.25, -0.2) is 0 Å². The van der Waals surface area contributed by atoms with Gasteiger partial charge in [0.15, 0.2) is 0 Å². The Balaban J connectivity index is 1.77. The Morgan fingerprint density at radius 1 is 0.500 bits per heavy atom. The average molecular weight is 481 g/mol. The molecule has 6 aromatic carbocycles. The molecular weight excluding hydrogens is 440 g/mol. The van der Waals surface area contributed by atoms with E-state index in [9.17, 15) is 4.11 Å². The molecule has 36 heavy (non-hydrogen) atoms. The van der Waals surface area contributed by atoms with Gasteiger partial charge in [-0.1, -0.05) is 96.7 Å². The van der Waals surface area contributed by atoms with Crippen LogP contribution in [0.25, 0.3) is 76.7 Å². The third-order valence-electron chi connectivity index (χ3n) is 5.92. The monoisotopic (exact) mass is 480 g/mol. The summed E-state index contributed by atoms with van der Waals surface area (Å²) < 4.78 is 186. The van der Waals surface area contributed by atoms with Gasteiger partial charge < -0.3 is 8.83 Å². The van der Waals surface area contributed by atoms with Crippen LogP contribution in [0.2, 0.25) is 0 Å². The number of hydrogen-bond donors (Lipinski definition) is 0. The van der Waals surface area contributed by atoms with Crippen molar-refractivity contribution in [2.75, 3.05) is 0 Å². The average Bonchev–Trinajstić information content (AvgIpc) is 3.71. The predicted octanol–water partition coefficient (Wildman–Crippen LogP) is 9.97. The molecule has 0 fully saturated rings. The van der Waals surface area contributed by atoms with E-state index >= 15 is 0 Å². The predicted molar refractivity (Wildman–Crippen MR) is 149 cm³/mol. The van der Waals surface area contributed by atoms with Gasteiger partial charge in [-0.3, -0.25) is 0 Å². The Kier molecular flexibility index (Phi) is 1.71. The fraction of sp³-hybridized carbons (Fsp3) is 0. The second kappa shape index (κ2) is 7.34. The SMILES string of the molecule is [2H]c1oc2c([2H])c3c(oc4c(-c5c6c([2H])c([2H])c([2H])c([2H])c6c(-c6c([2H])c([2H])c([2H])c([2H])c6[2H])c6c([2H])c([2H])c([2H])c([2H])c56)c([2H])c([2H])c([2H])c43)c([2H])c2c1[2H]. The molecule has 0 spiro atoms. The highest BCUT2D eigenvalue weighted by Crippen LogP contribution is 2.46. The molecule has 0 amide bonds. The summed E-state index contributed by atoms with van der Waals surface area (Å²) in [7, 11) is 0. The summed E-state index contributed by atoms with van der Waals surface area (Å²) in [6.07, 6.45) is -0.666. The molecule has 8 aromatic rings. The molecule has 2 heterocycles. The first-order chi connectivity index (χ1) is 26.2. The van der Waals surface area contributed by atoms with Crippen molar-refractivity contribution in [1.82, 2.24) is 0 Å². The van der Waals surface area contributed by atoms with E-state index in [-0.39, 0.29) is 21.7 Å². The van der Waals surface area contributed by atoms with Crippen LogP contribution in [0.3, 0.4) is 0 Å². The van der Waals surface area contributed by atoms with Crippen molar-refractivity contribution in [3.8, 4) is 22.3 Å². The van der Waals surface area contributed by atoms with Crippen LogP contribution in [0.1, 0.15) is 27.4 Å². The molecular formula is C34H20O2. The van der Waals surface area contributed by atoms with E-state index < -0.39 is 176 Å². The van der Waals surface area contributed by atoms with E-state index in [2.05, 4.69) is 0 Å². The van der Waals surface area contributed by atoms with Gasteiger partial charge in [0.1, 0.15) is 18.1 Å². The van der Waals surface area contributed by atoms with Crippen LogP contribution < -0.4 is 0 Å². The van der Waals surface area contributed by atoms with Gasteiger partial charge in [0.2, 0.25) is 0 Å². The number of furan rings is 2. The molecule has 0 atom stereocenters. The van der Waals surface area contributed by atoms with Crippen molar-refractivity contribution in [2.24, 2.45) is 0 Å². The van der Waals surface area contributed by atoms with Crippen LogP contribution in [0.15, 0.2) is 130 Å². The van der Waals surface area contributed by atoms with Crippen LogP contribution >= 0.6 is 0 Å². The number of fused-ring (bicyclic) bond motifs is 6. The van der Waals surface area contributed by atoms with Gasteiger partial charge in [0.05, 0.1) is 32.3 Å². The highest BCUT2D eigenvalue weighted by molar-refractivity contribution is 6.24. The maximum absolute atomic E-state index is 9.22. The number of benzene rings is 6. The third kappa shape index (κ3) is 2.67. The molecule has 0 saturated carbocycles. The van der Waals surface area contributed by atoms with E-state index in [1.165, 1.54) is 0 Å². The summed E-state index contributed by atoms with van der Waals surface area (Å²) in [6, 6.07) is -15.2. The number of para-hydroxylation sites is 1. The molecule has 0 aliphatic rings. The summed E-state index contributed by atoms with van der Waals surface area (Å²) >= 11 is 0. The van der Waals surface area contributed by atoms with E-state index in [0.29, 0.717) is 0 Å². The summed E-state index contributed by atoms with van der Waals surface area (Å²) in [6.45, 7) is 0. The highest BCUT2D eigenvalue weighted by atomic mass is 16.3. The van der Waals surface area contributed by atoms with Crippen molar-refractivity contribution in [2.45, 2.75) is 0 Å². The Bertz CT molecular complexity index is 3090. The highest BCUT2D eigenvalue weighted by Gasteiger charge is 2.20. The normalized spacial score (nSPS) is 19.7. The third-order valence-corrected chi connectivity index (χ3v) is 5.92. The van der Waals surface area contributed by atoms with Crippen molar-refractivity contribution in [1.29, 1.82) is 0 Å². The van der Waals surface area contributed by atoms with Gasteiger partial charge in [-0.2, -0.15) is 0 Å². The van der Waals surface area contributed by atoms with Crippen LogP contribution in [0.5, 0.6) is 0 Å². The molecule has 0 N–H and O–H groups in total. The molecule has 2 nitrogen and oxygen atoms in total. The first kappa shape index (κ1) is 8.39. The van der Waals surface area contributed by atoms with Gasteiger partial charge >= 0.3 is 0 Å². The lowest BCUT2D eigenvalue weighted by atomic mass is 9.85. The Labute approximate surface area is 235 Å². The maximum Gasteiger partial charge on any atom is 0.143 e. The lowest BCUT2D eigenvalue weighted by Crippen LogP contribution is -1.90. The second-order valence-corrected chi connectivity index (χ2v) is 7.79. The lowest BCUT2D eigenvalue weighted by Gasteiger charge is -2.17. The first-order valence-electron chi connectivity index (χ1n) is 20.6. The Hall–Kier alpha value is -4.82. The molecule has 0 aliphatic carbocycles. The van der Waals surface area contributed by atoms with Crippen molar-refractivity contribution < 1.29 is 36.2 Å². The zero-order chi connectivity index (χ0) is 41.0. The lowest BCUT2D eigenvalue weighted by molar-refractivity contribution is 0.616. The minimum absolute atomic E-state index is 0.293. The van der Waals surface area contributed by atoms with E-state index in [1.54, 1.807) is 0 Å². The summed E-state index contributed by atoms with van der Waals surface area (Å²) in [5.41, 5.74) is -3.67. The van der Waals surface area contributed by atoms with Crippen LogP contribution in [0.4, 0.5) is 0 Å². The van der Waals surface area contributed by atoms with Crippen molar-refractivity contribution in [3.63, 3.8) is 0 Å². The van der Waals surface area contributed by atoms with Crippen LogP contribution in [-0.2, 0) is 0 Å².